The van der Waals surface area contributed by atoms with Crippen molar-refractivity contribution in [3.63, 3.8) is 0 Å². The monoisotopic (exact) mass is 227 g/mol. The van der Waals surface area contributed by atoms with E-state index in [0.29, 0.717) is 18.3 Å². The zero-order valence-corrected chi connectivity index (χ0v) is 10.4. The van der Waals surface area contributed by atoms with Crippen molar-refractivity contribution in [2.75, 3.05) is 6.54 Å². The SMILES string of the molecule is CC1CCC(NCCCC(N)=NO)C(C)C1. The fourth-order valence-corrected chi connectivity index (χ4v) is 2.58. The molecule has 0 aromatic heterocycles. The molecule has 3 atom stereocenters. The first-order valence-electron chi connectivity index (χ1n) is 6.33. The van der Waals surface area contributed by atoms with Gasteiger partial charge < -0.3 is 16.3 Å². The van der Waals surface area contributed by atoms with Gasteiger partial charge in [-0.15, -0.1) is 0 Å². The molecule has 4 nitrogen and oxygen atoms in total. The molecule has 0 bridgehead atoms. The predicted molar refractivity (Wildman–Crippen MR) is 66.6 cm³/mol. The normalized spacial score (nSPS) is 31.6. The molecular formula is C12H25N3O. The Morgan fingerprint density at radius 1 is 1.44 bits per heavy atom. The molecule has 94 valence electrons. The van der Waals surface area contributed by atoms with Crippen molar-refractivity contribution in [3.05, 3.63) is 0 Å². The second-order valence-corrected chi connectivity index (χ2v) is 5.15. The first-order valence-corrected chi connectivity index (χ1v) is 6.33. The van der Waals surface area contributed by atoms with Crippen molar-refractivity contribution >= 4 is 5.84 Å². The quantitative estimate of drug-likeness (QED) is 0.221. The minimum absolute atomic E-state index is 0.326. The van der Waals surface area contributed by atoms with Crippen LogP contribution in [-0.4, -0.2) is 23.6 Å². The maximum atomic E-state index is 8.40. The highest BCUT2D eigenvalue weighted by atomic mass is 16.4. The second kappa shape index (κ2) is 6.74. The highest BCUT2D eigenvalue weighted by Gasteiger charge is 2.24. The molecule has 0 aromatic rings. The predicted octanol–water partition coefficient (Wildman–Crippen LogP) is 1.93. The zero-order chi connectivity index (χ0) is 12.0. The fraction of sp³-hybridized carbons (Fsp3) is 0.917. The Bertz CT molecular complexity index is 230. The lowest BCUT2D eigenvalue weighted by Crippen LogP contribution is -2.39. The van der Waals surface area contributed by atoms with Crippen LogP contribution in [0.4, 0.5) is 0 Å². The molecular weight excluding hydrogens is 202 g/mol. The molecule has 0 amide bonds. The molecule has 1 rings (SSSR count). The summed E-state index contributed by atoms with van der Waals surface area (Å²) in [6, 6.07) is 0.656. The minimum Gasteiger partial charge on any atom is -0.409 e. The molecule has 0 heterocycles. The molecule has 0 spiro atoms. The number of oxime groups is 1. The molecule has 1 aliphatic rings. The van der Waals surface area contributed by atoms with E-state index in [2.05, 4.69) is 24.3 Å². The number of hydrogen-bond donors (Lipinski definition) is 3. The Kier molecular flexibility index (Phi) is 5.60. The standard InChI is InChI=1S/C12H25N3O/c1-9-5-6-11(10(2)8-9)14-7-3-4-12(13)15-16/h9-11,14,16H,3-8H2,1-2H3,(H2,13,15). The Labute approximate surface area is 98.3 Å². The minimum atomic E-state index is 0.326. The number of nitrogens with one attached hydrogen (secondary N) is 1. The van der Waals surface area contributed by atoms with Gasteiger partial charge in [0.05, 0.1) is 0 Å². The van der Waals surface area contributed by atoms with Crippen molar-refractivity contribution in [2.24, 2.45) is 22.7 Å². The van der Waals surface area contributed by atoms with Gasteiger partial charge in [-0.25, -0.2) is 0 Å². The van der Waals surface area contributed by atoms with Crippen LogP contribution in [0.3, 0.4) is 0 Å². The third-order valence-corrected chi connectivity index (χ3v) is 3.58. The third kappa shape index (κ3) is 4.39. The number of hydrogen-bond acceptors (Lipinski definition) is 3. The molecule has 4 heteroatoms. The number of nitrogens with two attached hydrogens (primary N) is 1. The third-order valence-electron chi connectivity index (χ3n) is 3.58. The first kappa shape index (κ1) is 13.3. The van der Waals surface area contributed by atoms with Crippen LogP contribution in [0.2, 0.25) is 0 Å². The largest absolute Gasteiger partial charge is 0.409 e. The van der Waals surface area contributed by atoms with Gasteiger partial charge in [-0.3, -0.25) is 0 Å². The van der Waals surface area contributed by atoms with Gasteiger partial charge in [0, 0.05) is 12.5 Å². The van der Waals surface area contributed by atoms with Crippen LogP contribution in [-0.2, 0) is 0 Å². The Balaban J connectivity index is 2.13. The number of amidine groups is 1. The molecule has 4 N–H and O–H groups in total. The van der Waals surface area contributed by atoms with Crippen LogP contribution < -0.4 is 11.1 Å². The first-order chi connectivity index (χ1) is 7.63. The van der Waals surface area contributed by atoms with Crippen LogP contribution in [0.15, 0.2) is 5.16 Å². The smallest absolute Gasteiger partial charge is 0.139 e. The topological polar surface area (TPSA) is 70.6 Å². The van der Waals surface area contributed by atoms with E-state index in [1.54, 1.807) is 0 Å². The van der Waals surface area contributed by atoms with E-state index in [9.17, 15) is 0 Å². The van der Waals surface area contributed by atoms with Gasteiger partial charge in [-0.1, -0.05) is 19.0 Å². The maximum Gasteiger partial charge on any atom is 0.139 e. The van der Waals surface area contributed by atoms with Gasteiger partial charge in [0.25, 0.3) is 0 Å². The Hall–Kier alpha value is -0.770. The highest BCUT2D eigenvalue weighted by molar-refractivity contribution is 5.79. The highest BCUT2D eigenvalue weighted by Crippen LogP contribution is 2.28. The van der Waals surface area contributed by atoms with E-state index in [0.717, 1.165) is 24.8 Å². The van der Waals surface area contributed by atoms with E-state index in [1.807, 2.05) is 0 Å². The molecule has 0 radical (unpaired) electrons. The molecule has 3 unspecified atom stereocenters. The summed E-state index contributed by atoms with van der Waals surface area (Å²) in [7, 11) is 0. The van der Waals surface area contributed by atoms with Gasteiger partial charge >= 0.3 is 0 Å². The summed E-state index contributed by atoms with van der Waals surface area (Å²) in [5.74, 6) is 1.98. The van der Waals surface area contributed by atoms with Crippen LogP contribution in [0.1, 0.15) is 46.0 Å². The molecule has 0 aromatic carbocycles. The van der Waals surface area contributed by atoms with Gasteiger partial charge in [0.2, 0.25) is 0 Å². The van der Waals surface area contributed by atoms with Crippen LogP contribution in [0.25, 0.3) is 0 Å². The lowest BCUT2D eigenvalue weighted by atomic mass is 9.80. The lowest BCUT2D eigenvalue weighted by molar-refractivity contribution is 0.228. The van der Waals surface area contributed by atoms with E-state index in [4.69, 9.17) is 10.9 Å². The van der Waals surface area contributed by atoms with Crippen molar-refractivity contribution in [2.45, 2.75) is 52.0 Å². The molecule has 0 aliphatic heterocycles. The molecule has 1 aliphatic carbocycles. The summed E-state index contributed by atoms with van der Waals surface area (Å²) >= 11 is 0. The van der Waals surface area contributed by atoms with Gasteiger partial charge in [0.15, 0.2) is 0 Å². The van der Waals surface area contributed by atoms with Crippen molar-refractivity contribution in [1.29, 1.82) is 0 Å². The molecule has 16 heavy (non-hydrogen) atoms. The summed E-state index contributed by atoms with van der Waals surface area (Å²) in [5.41, 5.74) is 5.41. The summed E-state index contributed by atoms with van der Waals surface area (Å²) in [4.78, 5) is 0. The molecule has 1 saturated carbocycles. The molecule has 0 saturated heterocycles. The maximum absolute atomic E-state index is 8.40. The van der Waals surface area contributed by atoms with Crippen molar-refractivity contribution < 1.29 is 5.21 Å². The fourth-order valence-electron chi connectivity index (χ4n) is 2.58. The van der Waals surface area contributed by atoms with Gasteiger partial charge in [-0.05, 0) is 44.1 Å². The Morgan fingerprint density at radius 3 is 2.81 bits per heavy atom. The van der Waals surface area contributed by atoms with Crippen LogP contribution in [0, 0.1) is 11.8 Å². The van der Waals surface area contributed by atoms with Crippen molar-refractivity contribution in [3.8, 4) is 0 Å². The zero-order valence-electron chi connectivity index (χ0n) is 10.4. The lowest BCUT2D eigenvalue weighted by Gasteiger charge is -2.33. The molecule has 1 fully saturated rings. The summed E-state index contributed by atoms with van der Waals surface area (Å²) < 4.78 is 0. The number of rotatable bonds is 5. The average Bonchev–Trinajstić information content (AvgIpc) is 2.26. The summed E-state index contributed by atoms with van der Waals surface area (Å²) in [5, 5.41) is 14.9. The van der Waals surface area contributed by atoms with E-state index in [-0.39, 0.29) is 0 Å². The van der Waals surface area contributed by atoms with Crippen LogP contribution >= 0.6 is 0 Å². The van der Waals surface area contributed by atoms with E-state index in [1.165, 1.54) is 19.3 Å². The number of nitrogens with zero attached hydrogens (tertiary/aromatic N) is 1. The van der Waals surface area contributed by atoms with Crippen molar-refractivity contribution in [1.82, 2.24) is 5.32 Å². The average molecular weight is 227 g/mol. The van der Waals surface area contributed by atoms with Gasteiger partial charge in [0.1, 0.15) is 5.84 Å². The van der Waals surface area contributed by atoms with E-state index >= 15 is 0 Å². The summed E-state index contributed by atoms with van der Waals surface area (Å²) in [6.45, 7) is 5.63. The van der Waals surface area contributed by atoms with Crippen LogP contribution in [0.5, 0.6) is 0 Å². The Morgan fingerprint density at radius 2 is 2.19 bits per heavy atom. The second-order valence-electron chi connectivity index (χ2n) is 5.15. The van der Waals surface area contributed by atoms with E-state index < -0.39 is 0 Å². The summed E-state index contributed by atoms with van der Waals surface area (Å²) in [6.07, 6.45) is 5.56. The van der Waals surface area contributed by atoms with Gasteiger partial charge in [-0.2, -0.15) is 0 Å².